The minimum atomic E-state index is -0.296. The van der Waals surface area contributed by atoms with Gasteiger partial charge in [-0.1, -0.05) is 0 Å². The molecule has 0 atom stereocenters. The van der Waals surface area contributed by atoms with Crippen LogP contribution in [0.25, 0.3) is 0 Å². The SMILES string of the molecule is CC(C)n1ccnc(NCCCCC(N)=O)c1=O. The molecule has 0 radical (unpaired) electrons. The molecule has 6 heteroatoms. The highest BCUT2D eigenvalue weighted by Gasteiger charge is 2.06. The lowest BCUT2D eigenvalue weighted by Crippen LogP contribution is -2.26. The van der Waals surface area contributed by atoms with Gasteiger partial charge in [0, 0.05) is 31.4 Å². The van der Waals surface area contributed by atoms with E-state index in [2.05, 4.69) is 10.3 Å². The van der Waals surface area contributed by atoms with E-state index in [4.69, 9.17) is 5.73 Å². The molecule has 1 aromatic heterocycles. The van der Waals surface area contributed by atoms with Crippen molar-refractivity contribution in [2.45, 2.75) is 39.2 Å². The fraction of sp³-hybridized carbons (Fsp3) is 0.583. The van der Waals surface area contributed by atoms with Crippen molar-refractivity contribution >= 4 is 11.7 Å². The molecule has 0 fully saturated rings. The minimum Gasteiger partial charge on any atom is -0.370 e. The van der Waals surface area contributed by atoms with Gasteiger partial charge in [-0.3, -0.25) is 9.59 Å². The molecule has 0 spiro atoms. The summed E-state index contributed by atoms with van der Waals surface area (Å²) in [6.45, 7) is 4.49. The van der Waals surface area contributed by atoms with Crippen molar-refractivity contribution in [2.24, 2.45) is 5.73 Å². The predicted molar refractivity (Wildman–Crippen MR) is 70.4 cm³/mol. The van der Waals surface area contributed by atoms with E-state index in [-0.39, 0.29) is 17.5 Å². The van der Waals surface area contributed by atoms with Crippen LogP contribution < -0.4 is 16.6 Å². The van der Waals surface area contributed by atoms with Crippen LogP contribution in [-0.2, 0) is 4.79 Å². The molecule has 0 unspecified atom stereocenters. The van der Waals surface area contributed by atoms with Crippen LogP contribution >= 0.6 is 0 Å². The molecule has 0 aromatic carbocycles. The Hall–Kier alpha value is -1.85. The molecule has 18 heavy (non-hydrogen) atoms. The van der Waals surface area contributed by atoms with Gasteiger partial charge in [-0.15, -0.1) is 0 Å². The average Bonchev–Trinajstić information content (AvgIpc) is 2.30. The number of anilines is 1. The van der Waals surface area contributed by atoms with E-state index in [0.717, 1.165) is 6.42 Å². The van der Waals surface area contributed by atoms with Crippen molar-refractivity contribution in [1.29, 1.82) is 0 Å². The Kier molecular flexibility index (Phi) is 5.35. The van der Waals surface area contributed by atoms with Crippen LogP contribution in [0.4, 0.5) is 5.82 Å². The lowest BCUT2D eigenvalue weighted by molar-refractivity contribution is -0.118. The van der Waals surface area contributed by atoms with Crippen LogP contribution in [0.2, 0.25) is 0 Å². The smallest absolute Gasteiger partial charge is 0.293 e. The van der Waals surface area contributed by atoms with Crippen molar-refractivity contribution in [1.82, 2.24) is 9.55 Å². The standard InChI is InChI=1S/C12H20N4O2/c1-9(2)16-8-7-15-11(12(16)18)14-6-4-3-5-10(13)17/h7-9H,3-6H2,1-2H3,(H2,13,17)(H,14,15). The van der Waals surface area contributed by atoms with Gasteiger partial charge < -0.3 is 15.6 Å². The number of primary amides is 1. The fourth-order valence-corrected chi connectivity index (χ4v) is 1.58. The summed E-state index contributed by atoms with van der Waals surface area (Å²) in [7, 11) is 0. The van der Waals surface area contributed by atoms with Crippen LogP contribution in [0.5, 0.6) is 0 Å². The molecule has 0 saturated carbocycles. The number of nitrogens with two attached hydrogens (primary N) is 1. The second-order valence-electron chi connectivity index (χ2n) is 4.43. The summed E-state index contributed by atoms with van der Waals surface area (Å²) in [6, 6.07) is 0.107. The van der Waals surface area contributed by atoms with Crippen molar-refractivity contribution in [2.75, 3.05) is 11.9 Å². The second-order valence-corrected chi connectivity index (χ2v) is 4.43. The normalized spacial score (nSPS) is 10.6. The van der Waals surface area contributed by atoms with Crippen molar-refractivity contribution in [3.05, 3.63) is 22.7 Å². The van der Waals surface area contributed by atoms with Gasteiger partial charge in [0.1, 0.15) is 0 Å². The van der Waals surface area contributed by atoms with E-state index in [1.807, 2.05) is 13.8 Å². The lowest BCUT2D eigenvalue weighted by atomic mass is 10.2. The van der Waals surface area contributed by atoms with Crippen molar-refractivity contribution in [3.63, 3.8) is 0 Å². The summed E-state index contributed by atoms with van der Waals surface area (Å²) in [6.07, 6.45) is 5.15. The molecule has 3 N–H and O–H groups in total. The molecular weight excluding hydrogens is 232 g/mol. The maximum absolute atomic E-state index is 11.9. The van der Waals surface area contributed by atoms with E-state index in [0.29, 0.717) is 25.2 Å². The zero-order valence-electron chi connectivity index (χ0n) is 10.8. The molecule has 6 nitrogen and oxygen atoms in total. The largest absolute Gasteiger partial charge is 0.370 e. The number of rotatable bonds is 7. The Morgan fingerprint density at radius 2 is 2.22 bits per heavy atom. The highest BCUT2D eigenvalue weighted by atomic mass is 16.1. The van der Waals surface area contributed by atoms with Gasteiger partial charge in [-0.2, -0.15) is 0 Å². The molecule has 1 aromatic rings. The van der Waals surface area contributed by atoms with E-state index >= 15 is 0 Å². The van der Waals surface area contributed by atoms with Crippen molar-refractivity contribution < 1.29 is 4.79 Å². The van der Waals surface area contributed by atoms with E-state index in [1.165, 1.54) is 0 Å². The van der Waals surface area contributed by atoms with Crippen LogP contribution in [0, 0.1) is 0 Å². The van der Waals surface area contributed by atoms with Crippen LogP contribution in [0.15, 0.2) is 17.2 Å². The molecule has 1 heterocycles. The number of nitrogens with one attached hydrogen (secondary N) is 1. The summed E-state index contributed by atoms with van der Waals surface area (Å²) < 4.78 is 1.62. The number of aromatic nitrogens is 2. The zero-order chi connectivity index (χ0) is 13.5. The Labute approximate surface area is 106 Å². The summed E-state index contributed by atoms with van der Waals surface area (Å²) in [5.41, 5.74) is 4.92. The summed E-state index contributed by atoms with van der Waals surface area (Å²) in [5.74, 6) is 0.0558. The van der Waals surface area contributed by atoms with Crippen molar-refractivity contribution in [3.8, 4) is 0 Å². The molecular formula is C12H20N4O2. The molecule has 0 bridgehead atoms. The lowest BCUT2D eigenvalue weighted by Gasteiger charge is -2.11. The van der Waals surface area contributed by atoms with Crippen LogP contribution in [-0.4, -0.2) is 22.0 Å². The third kappa shape index (κ3) is 4.20. The third-order valence-electron chi connectivity index (χ3n) is 2.57. The monoisotopic (exact) mass is 252 g/mol. The number of carbonyl (C=O) groups excluding carboxylic acids is 1. The Bertz CT molecular complexity index is 454. The maximum atomic E-state index is 11.9. The first kappa shape index (κ1) is 14.2. The number of carbonyl (C=O) groups is 1. The van der Waals surface area contributed by atoms with Gasteiger partial charge in [-0.05, 0) is 26.7 Å². The van der Waals surface area contributed by atoms with Gasteiger partial charge in [-0.25, -0.2) is 4.98 Å². The topological polar surface area (TPSA) is 90.0 Å². The average molecular weight is 252 g/mol. The Morgan fingerprint density at radius 1 is 1.50 bits per heavy atom. The van der Waals surface area contributed by atoms with E-state index in [9.17, 15) is 9.59 Å². The van der Waals surface area contributed by atoms with Gasteiger partial charge in [0.25, 0.3) is 5.56 Å². The summed E-state index contributed by atoms with van der Waals surface area (Å²) in [5, 5.41) is 2.99. The third-order valence-corrected chi connectivity index (χ3v) is 2.57. The quantitative estimate of drug-likeness (QED) is 0.705. The highest BCUT2D eigenvalue weighted by Crippen LogP contribution is 2.02. The molecule has 1 rings (SSSR count). The Balaban J connectivity index is 2.50. The summed E-state index contributed by atoms with van der Waals surface area (Å²) in [4.78, 5) is 26.5. The second kappa shape index (κ2) is 6.78. The van der Waals surface area contributed by atoms with Gasteiger partial charge >= 0.3 is 0 Å². The van der Waals surface area contributed by atoms with Gasteiger partial charge in [0.05, 0.1) is 0 Å². The Morgan fingerprint density at radius 3 is 2.83 bits per heavy atom. The molecule has 0 saturated heterocycles. The van der Waals surface area contributed by atoms with Gasteiger partial charge in [0.2, 0.25) is 5.91 Å². The van der Waals surface area contributed by atoms with Crippen LogP contribution in [0.3, 0.4) is 0 Å². The molecule has 0 aliphatic heterocycles. The maximum Gasteiger partial charge on any atom is 0.293 e. The highest BCUT2D eigenvalue weighted by molar-refractivity contribution is 5.73. The van der Waals surface area contributed by atoms with Gasteiger partial charge in [0.15, 0.2) is 5.82 Å². The zero-order valence-corrected chi connectivity index (χ0v) is 10.8. The fourth-order valence-electron chi connectivity index (χ4n) is 1.58. The molecule has 100 valence electrons. The predicted octanol–water partition coefficient (Wildman–Crippen LogP) is 0.892. The summed E-state index contributed by atoms with van der Waals surface area (Å²) >= 11 is 0. The number of hydrogen-bond donors (Lipinski definition) is 2. The van der Waals surface area contributed by atoms with Crippen LogP contribution in [0.1, 0.15) is 39.2 Å². The number of hydrogen-bond acceptors (Lipinski definition) is 4. The molecule has 0 aliphatic carbocycles. The first-order valence-corrected chi connectivity index (χ1v) is 6.11. The number of nitrogens with zero attached hydrogens (tertiary/aromatic N) is 2. The number of amides is 1. The first-order chi connectivity index (χ1) is 8.52. The first-order valence-electron chi connectivity index (χ1n) is 6.11. The molecule has 0 aliphatic rings. The number of unbranched alkanes of at least 4 members (excludes halogenated alkanes) is 1. The van der Waals surface area contributed by atoms with E-state index in [1.54, 1.807) is 17.0 Å². The van der Waals surface area contributed by atoms with E-state index < -0.39 is 0 Å². The minimum absolute atomic E-state index is 0.107. The molecule has 1 amide bonds.